The van der Waals surface area contributed by atoms with Gasteiger partial charge in [-0.2, -0.15) is 0 Å². The van der Waals surface area contributed by atoms with Gasteiger partial charge in [-0.3, -0.25) is 4.79 Å². The normalized spacial score (nSPS) is 22.0. The van der Waals surface area contributed by atoms with Crippen LogP contribution in [0.4, 0.5) is 0 Å². The molecule has 1 aromatic heterocycles. The number of fused-ring (bicyclic) bond motifs is 2. The summed E-state index contributed by atoms with van der Waals surface area (Å²) in [4.78, 5) is 19.6. The molecule has 28 heavy (non-hydrogen) atoms. The van der Waals surface area contributed by atoms with Crippen molar-refractivity contribution in [2.75, 3.05) is 26.7 Å². The predicted octanol–water partition coefficient (Wildman–Crippen LogP) is 2.78. The van der Waals surface area contributed by atoms with Gasteiger partial charge in [0.2, 0.25) is 5.91 Å². The Bertz CT molecular complexity index is 890. The maximum absolute atomic E-state index is 12.7. The summed E-state index contributed by atoms with van der Waals surface area (Å²) in [5.41, 5.74) is 2.11. The van der Waals surface area contributed by atoms with Crippen molar-refractivity contribution >= 4 is 5.91 Å². The van der Waals surface area contributed by atoms with Crippen molar-refractivity contribution in [3.05, 3.63) is 36.3 Å². The maximum atomic E-state index is 12.7. The van der Waals surface area contributed by atoms with Crippen LogP contribution in [0.5, 0.6) is 5.75 Å². The van der Waals surface area contributed by atoms with Gasteiger partial charge in [0.1, 0.15) is 11.6 Å². The van der Waals surface area contributed by atoms with Gasteiger partial charge in [-0.15, -0.1) is 0 Å². The number of nitrogens with one attached hydrogen (secondary N) is 1. The fourth-order valence-electron chi connectivity index (χ4n) is 4.74. The summed E-state index contributed by atoms with van der Waals surface area (Å²) >= 11 is 0. The van der Waals surface area contributed by atoms with Crippen LogP contribution in [0, 0.1) is 5.41 Å². The summed E-state index contributed by atoms with van der Waals surface area (Å²) in [5.74, 6) is 2.33. The van der Waals surface area contributed by atoms with Gasteiger partial charge < -0.3 is 19.5 Å². The van der Waals surface area contributed by atoms with E-state index in [9.17, 15) is 4.79 Å². The summed E-state index contributed by atoms with van der Waals surface area (Å²) in [5, 5.41) is 3.75. The summed E-state index contributed by atoms with van der Waals surface area (Å²) < 4.78 is 7.64. The lowest BCUT2D eigenvalue weighted by Crippen LogP contribution is -2.57. The summed E-state index contributed by atoms with van der Waals surface area (Å²) in [6, 6.07) is 8.17. The average molecular weight is 380 g/mol. The molecular weight excluding hydrogens is 352 g/mol. The van der Waals surface area contributed by atoms with E-state index in [1.165, 1.54) is 0 Å². The van der Waals surface area contributed by atoms with E-state index in [1.807, 2.05) is 18.3 Å². The second-order valence-corrected chi connectivity index (χ2v) is 8.71. The number of amides is 1. The molecule has 0 bridgehead atoms. The third-order valence-electron chi connectivity index (χ3n) is 6.89. The van der Waals surface area contributed by atoms with Crippen LogP contribution >= 0.6 is 0 Å². The first kappa shape index (κ1) is 17.7. The number of rotatable bonds is 3. The topological polar surface area (TPSA) is 59.4 Å². The second kappa shape index (κ2) is 6.34. The van der Waals surface area contributed by atoms with E-state index in [2.05, 4.69) is 33.8 Å². The van der Waals surface area contributed by atoms with E-state index in [-0.39, 0.29) is 11.0 Å². The van der Waals surface area contributed by atoms with Gasteiger partial charge in [-0.05, 0) is 49.9 Å². The van der Waals surface area contributed by atoms with E-state index in [0.29, 0.717) is 5.91 Å². The van der Waals surface area contributed by atoms with E-state index < -0.39 is 0 Å². The Kier molecular flexibility index (Phi) is 4.02. The van der Waals surface area contributed by atoms with Crippen LogP contribution in [-0.4, -0.2) is 47.1 Å². The highest BCUT2D eigenvalue weighted by molar-refractivity contribution is 5.85. The molecule has 3 aliphatic rings. The molecule has 6 heteroatoms. The predicted molar refractivity (Wildman–Crippen MR) is 107 cm³/mol. The molecule has 0 atom stereocenters. The van der Waals surface area contributed by atoms with Crippen LogP contribution < -0.4 is 10.1 Å². The lowest BCUT2D eigenvalue weighted by atomic mass is 9.84. The number of carbonyl (C=O) groups is 1. The minimum Gasteiger partial charge on any atom is -0.497 e. The maximum Gasteiger partial charge on any atom is 0.228 e. The Labute approximate surface area is 165 Å². The first-order valence-electron chi connectivity index (χ1n) is 10.3. The largest absolute Gasteiger partial charge is 0.497 e. The van der Waals surface area contributed by atoms with E-state index >= 15 is 0 Å². The second-order valence-electron chi connectivity index (χ2n) is 8.71. The number of imidazole rings is 1. The quantitative estimate of drug-likeness (QED) is 0.890. The molecule has 1 saturated heterocycles. The molecule has 3 heterocycles. The highest BCUT2D eigenvalue weighted by atomic mass is 16.5. The number of hydrogen-bond acceptors (Lipinski definition) is 4. The van der Waals surface area contributed by atoms with Crippen LogP contribution in [0.1, 0.15) is 38.4 Å². The van der Waals surface area contributed by atoms with Crippen molar-refractivity contribution < 1.29 is 9.53 Å². The summed E-state index contributed by atoms with van der Waals surface area (Å²) in [6.45, 7) is 5.57. The minimum absolute atomic E-state index is 0.0789. The van der Waals surface area contributed by atoms with Crippen molar-refractivity contribution in [1.29, 1.82) is 0 Å². The molecule has 2 fully saturated rings. The molecule has 5 rings (SSSR count). The molecule has 1 saturated carbocycles. The SMILES string of the molecule is COc1ccc(-c2cnc3n2CCNC32CCN(C(=O)C3(C)CC3)CC2)cc1. The number of hydrogen-bond donors (Lipinski definition) is 1. The molecular formula is C22H28N4O2. The molecule has 0 radical (unpaired) electrons. The molecule has 0 unspecified atom stereocenters. The molecule has 1 spiro atoms. The molecule has 2 aliphatic heterocycles. The lowest BCUT2D eigenvalue weighted by Gasteiger charge is -2.45. The van der Waals surface area contributed by atoms with E-state index in [4.69, 9.17) is 9.72 Å². The summed E-state index contributed by atoms with van der Waals surface area (Å²) in [6.07, 6.45) is 5.93. The van der Waals surface area contributed by atoms with Crippen LogP contribution in [0.15, 0.2) is 30.5 Å². The first-order chi connectivity index (χ1) is 13.5. The van der Waals surface area contributed by atoms with Crippen LogP contribution in [0.3, 0.4) is 0 Å². The molecule has 148 valence electrons. The standard InChI is InChI=1S/C22H28N4O2/c1-21(7-8-21)20(27)25-12-9-22(10-13-25)19-23-15-18(26(19)14-11-24-22)16-3-5-17(28-2)6-4-16/h3-6,15,24H,7-14H2,1-2H3. The van der Waals surface area contributed by atoms with E-state index in [0.717, 1.165) is 74.7 Å². The number of piperidine rings is 1. The first-order valence-corrected chi connectivity index (χ1v) is 10.3. The molecule has 1 N–H and O–H groups in total. The minimum atomic E-state index is -0.121. The van der Waals surface area contributed by atoms with Gasteiger partial charge in [-0.25, -0.2) is 4.98 Å². The molecule has 6 nitrogen and oxygen atoms in total. The fourth-order valence-corrected chi connectivity index (χ4v) is 4.74. The van der Waals surface area contributed by atoms with Crippen LogP contribution in [-0.2, 0) is 16.9 Å². The Morgan fingerprint density at radius 1 is 1.11 bits per heavy atom. The van der Waals surface area contributed by atoms with Gasteiger partial charge in [0, 0.05) is 37.2 Å². The number of methoxy groups -OCH3 is 1. The van der Waals surface area contributed by atoms with Crippen molar-refractivity contribution in [2.24, 2.45) is 5.41 Å². The van der Waals surface area contributed by atoms with Crippen molar-refractivity contribution in [1.82, 2.24) is 19.8 Å². The third-order valence-corrected chi connectivity index (χ3v) is 6.89. The zero-order valence-electron chi connectivity index (χ0n) is 16.7. The Morgan fingerprint density at radius 2 is 1.82 bits per heavy atom. The Morgan fingerprint density at radius 3 is 2.46 bits per heavy atom. The van der Waals surface area contributed by atoms with E-state index in [1.54, 1.807) is 7.11 Å². The number of carbonyl (C=O) groups excluding carboxylic acids is 1. The molecule has 2 aromatic rings. The zero-order chi connectivity index (χ0) is 19.4. The molecule has 1 amide bonds. The van der Waals surface area contributed by atoms with Crippen molar-refractivity contribution in [3.63, 3.8) is 0 Å². The average Bonchev–Trinajstić information content (AvgIpc) is 3.33. The van der Waals surface area contributed by atoms with Gasteiger partial charge in [-0.1, -0.05) is 6.92 Å². The Balaban J connectivity index is 1.39. The number of benzene rings is 1. The number of ether oxygens (including phenoxy) is 1. The van der Waals surface area contributed by atoms with Gasteiger partial charge in [0.25, 0.3) is 0 Å². The number of aromatic nitrogens is 2. The zero-order valence-corrected chi connectivity index (χ0v) is 16.7. The van der Waals surface area contributed by atoms with Gasteiger partial charge in [0.15, 0.2) is 0 Å². The van der Waals surface area contributed by atoms with Gasteiger partial charge >= 0.3 is 0 Å². The smallest absolute Gasteiger partial charge is 0.228 e. The van der Waals surface area contributed by atoms with Crippen LogP contribution in [0.25, 0.3) is 11.3 Å². The number of likely N-dealkylation sites (tertiary alicyclic amines) is 1. The molecule has 1 aliphatic carbocycles. The summed E-state index contributed by atoms with van der Waals surface area (Å²) in [7, 11) is 1.69. The highest BCUT2D eigenvalue weighted by Crippen LogP contribution is 2.47. The van der Waals surface area contributed by atoms with Crippen LogP contribution in [0.2, 0.25) is 0 Å². The lowest BCUT2D eigenvalue weighted by molar-refractivity contribution is -0.138. The monoisotopic (exact) mass is 380 g/mol. The molecule has 1 aromatic carbocycles. The van der Waals surface area contributed by atoms with Crippen molar-refractivity contribution in [2.45, 2.75) is 44.7 Å². The fraction of sp³-hybridized carbons (Fsp3) is 0.545. The Hall–Kier alpha value is -2.34. The highest BCUT2D eigenvalue weighted by Gasteiger charge is 2.49. The third kappa shape index (κ3) is 2.73. The van der Waals surface area contributed by atoms with Crippen molar-refractivity contribution in [3.8, 4) is 17.0 Å². The van der Waals surface area contributed by atoms with Gasteiger partial charge in [0.05, 0.1) is 24.5 Å². The number of nitrogens with zero attached hydrogens (tertiary/aromatic N) is 3.